The second-order valence-corrected chi connectivity index (χ2v) is 10.0. The molecule has 1 unspecified atom stereocenters. The summed E-state index contributed by atoms with van der Waals surface area (Å²) in [4.78, 5) is 49.6. The molecule has 3 amide bonds. The van der Waals surface area contributed by atoms with Crippen LogP contribution in [0.3, 0.4) is 0 Å². The molecule has 212 valence electrons. The number of amides is 3. The Labute approximate surface area is 227 Å². The van der Waals surface area contributed by atoms with Crippen LogP contribution in [-0.4, -0.2) is 60.8 Å². The largest absolute Gasteiger partial charge is 0.461 e. The summed E-state index contributed by atoms with van der Waals surface area (Å²) >= 11 is 0. The lowest BCUT2D eigenvalue weighted by atomic mass is 10.1. The van der Waals surface area contributed by atoms with E-state index < -0.39 is 0 Å². The first-order valence-electron chi connectivity index (χ1n) is 14.2. The monoisotopic (exact) mass is 530 g/mol. The van der Waals surface area contributed by atoms with Crippen LogP contribution in [0.2, 0.25) is 0 Å². The fraction of sp³-hybridized carbons (Fsp3) is 0.655. The molecule has 2 rings (SSSR count). The first-order valence-corrected chi connectivity index (χ1v) is 14.2. The van der Waals surface area contributed by atoms with Crippen LogP contribution in [0.5, 0.6) is 0 Å². The summed E-state index contributed by atoms with van der Waals surface area (Å²) in [5, 5.41) is 6.26. The Morgan fingerprint density at radius 1 is 0.842 bits per heavy atom. The van der Waals surface area contributed by atoms with E-state index in [9.17, 15) is 19.2 Å². The second-order valence-electron chi connectivity index (χ2n) is 10.0. The summed E-state index contributed by atoms with van der Waals surface area (Å²) in [6.07, 6.45) is 9.75. The predicted molar refractivity (Wildman–Crippen MR) is 147 cm³/mol. The highest BCUT2D eigenvalue weighted by Crippen LogP contribution is 2.12. The normalized spacial score (nSPS) is 13.7. The number of primary amides is 1. The van der Waals surface area contributed by atoms with Crippen LogP contribution in [0.15, 0.2) is 30.3 Å². The average Bonchev–Trinajstić information content (AvgIpc) is 3.46. The van der Waals surface area contributed by atoms with Gasteiger partial charge >= 0.3 is 5.97 Å². The lowest BCUT2D eigenvalue weighted by Crippen LogP contribution is -2.46. The van der Waals surface area contributed by atoms with Gasteiger partial charge in [-0.1, -0.05) is 49.6 Å². The molecule has 9 heteroatoms. The number of carbonyl (C=O) groups is 4. The number of unbranched alkanes of at least 4 members (excludes halogenated alkanes) is 5. The molecule has 1 saturated heterocycles. The summed E-state index contributed by atoms with van der Waals surface area (Å²) in [6, 6.07) is 9.27. The molecule has 1 atom stereocenters. The van der Waals surface area contributed by atoms with Gasteiger partial charge in [-0.2, -0.15) is 0 Å². The number of hydrogen-bond acceptors (Lipinski definition) is 6. The lowest BCUT2D eigenvalue weighted by molar-refractivity contribution is -0.145. The van der Waals surface area contributed by atoms with Gasteiger partial charge in [0, 0.05) is 38.9 Å². The molecule has 1 aliphatic rings. The number of nitrogens with one attached hydrogen (secondary N) is 2. The minimum atomic E-state index is -0.386. The van der Waals surface area contributed by atoms with E-state index in [0.717, 1.165) is 76.4 Å². The van der Waals surface area contributed by atoms with Crippen molar-refractivity contribution in [3.63, 3.8) is 0 Å². The van der Waals surface area contributed by atoms with Gasteiger partial charge in [-0.25, -0.2) is 0 Å². The van der Waals surface area contributed by atoms with Gasteiger partial charge in [-0.05, 0) is 57.1 Å². The highest BCUT2D eigenvalue weighted by atomic mass is 16.5. The smallest absolute Gasteiger partial charge is 0.306 e. The zero-order valence-electron chi connectivity index (χ0n) is 22.8. The van der Waals surface area contributed by atoms with Gasteiger partial charge in [0.15, 0.2) is 0 Å². The van der Waals surface area contributed by atoms with Crippen LogP contribution >= 0.6 is 0 Å². The van der Waals surface area contributed by atoms with Gasteiger partial charge in [0.2, 0.25) is 17.7 Å². The maximum Gasteiger partial charge on any atom is 0.306 e. The molecule has 0 bridgehead atoms. The Morgan fingerprint density at radius 2 is 1.50 bits per heavy atom. The molecule has 1 fully saturated rings. The fourth-order valence-corrected chi connectivity index (χ4v) is 4.50. The summed E-state index contributed by atoms with van der Waals surface area (Å²) in [7, 11) is 0. The second kappa shape index (κ2) is 19.2. The molecular formula is C29H46N4O5. The molecule has 0 radical (unpaired) electrons. The highest BCUT2D eigenvalue weighted by molar-refractivity contribution is 5.83. The molecule has 1 aromatic rings. The van der Waals surface area contributed by atoms with Crippen LogP contribution < -0.4 is 16.4 Å². The summed E-state index contributed by atoms with van der Waals surface area (Å²) in [5.74, 6) is -0.437. The topological polar surface area (TPSA) is 131 Å². The van der Waals surface area contributed by atoms with Gasteiger partial charge in [0.1, 0.15) is 6.61 Å². The molecule has 1 aromatic carbocycles. The Balaban J connectivity index is 1.42. The van der Waals surface area contributed by atoms with Crippen molar-refractivity contribution in [2.75, 3.05) is 26.2 Å². The Bertz CT molecular complexity index is 843. The maximum absolute atomic E-state index is 12.7. The van der Waals surface area contributed by atoms with E-state index in [-0.39, 0.29) is 36.2 Å². The Hall–Kier alpha value is -2.94. The molecule has 0 spiro atoms. The Kier molecular flexibility index (Phi) is 15.8. The van der Waals surface area contributed by atoms with E-state index in [1.165, 1.54) is 0 Å². The summed E-state index contributed by atoms with van der Waals surface area (Å²) < 4.78 is 5.27. The standard InChI is InChI=1S/C29H46N4O5/c30-26(34)18-17-25(29(37)33-21-11-12-22-33)31-19-9-2-1-7-15-27(35)32-20-10-4-8-16-28(36)38-23-24-13-5-3-6-14-24/h3,5-6,13-14,25,31H,1-2,4,7-12,15-23H2,(H2,30,34)(H,32,35). The maximum atomic E-state index is 12.7. The zero-order chi connectivity index (χ0) is 27.4. The predicted octanol–water partition coefficient (Wildman–Crippen LogP) is 3.20. The van der Waals surface area contributed by atoms with Crippen LogP contribution in [0.4, 0.5) is 0 Å². The van der Waals surface area contributed by atoms with Crippen LogP contribution in [-0.2, 0) is 30.5 Å². The summed E-state index contributed by atoms with van der Waals surface area (Å²) in [5.41, 5.74) is 6.26. The van der Waals surface area contributed by atoms with Crippen molar-refractivity contribution in [3.05, 3.63) is 35.9 Å². The third-order valence-corrected chi connectivity index (χ3v) is 6.74. The molecule has 1 aliphatic heterocycles. The molecule has 9 nitrogen and oxygen atoms in total. The van der Waals surface area contributed by atoms with Crippen molar-refractivity contribution < 1.29 is 23.9 Å². The molecule has 1 heterocycles. The van der Waals surface area contributed by atoms with Crippen LogP contribution in [0.1, 0.15) is 89.0 Å². The number of ether oxygens (including phenoxy) is 1. The van der Waals surface area contributed by atoms with E-state index >= 15 is 0 Å². The highest BCUT2D eigenvalue weighted by Gasteiger charge is 2.26. The number of carbonyl (C=O) groups excluding carboxylic acids is 4. The molecule has 0 aromatic heterocycles. The number of esters is 1. The Morgan fingerprint density at radius 3 is 2.24 bits per heavy atom. The van der Waals surface area contributed by atoms with Gasteiger partial charge < -0.3 is 26.0 Å². The molecule has 38 heavy (non-hydrogen) atoms. The molecular weight excluding hydrogens is 484 g/mol. The van der Waals surface area contributed by atoms with E-state index in [4.69, 9.17) is 10.5 Å². The number of nitrogens with two attached hydrogens (primary N) is 1. The van der Waals surface area contributed by atoms with E-state index in [2.05, 4.69) is 10.6 Å². The van der Waals surface area contributed by atoms with Gasteiger partial charge in [0.25, 0.3) is 0 Å². The molecule has 4 N–H and O–H groups in total. The fourth-order valence-electron chi connectivity index (χ4n) is 4.50. The van der Waals surface area contributed by atoms with E-state index in [1.54, 1.807) is 0 Å². The van der Waals surface area contributed by atoms with Crippen molar-refractivity contribution in [2.24, 2.45) is 5.73 Å². The van der Waals surface area contributed by atoms with E-state index in [0.29, 0.717) is 39.0 Å². The van der Waals surface area contributed by atoms with E-state index in [1.807, 2.05) is 35.2 Å². The third-order valence-electron chi connectivity index (χ3n) is 6.74. The van der Waals surface area contributed by atoms with Crippen molar-refractivity contribution in [2.45, 2.75) is 96.1 Å². The third kappa shape index (κ3) is 14.1. The number of likely N-dealkylation sites (tertiary alicyclic amines) is 1. The number of benzene rings is 1. The van der Waals surface area contributed by atoms with Crippen LogP contribution in [0, 0.1) is 0 Å². The number of rotatable bonds is 20. The minimum Gasteiger partial charge on any atom is -0.461 e. The van der Waals surface area contributed by atoms with Crippen molar-refractivity contribution in [3.8, 4) is 0 Å². The van der Waals surface area contributed by atoms with Crippen molar-refractivity contribution in [1.29, 1.82) is 0 Å². The van der Waals surface area contributed by atoms with Crippen molar-refractivity contribution >= 4 is 23.7 Å². The molecule has 0 saturated carbocycles. The first-order chi connectivity index (χ1) is 18.5. The number of hydrogen-bond donors (Lipinski definition) is 3. The quantitative estimate of drug-likeness (QED) is 0.175. The SMILES string of the molecule is NC(=O)CCC(NCCCCCCC(=O)NCCCCCC(=O)OCc1ccccc1)C(=O)N1CCCC1. The summed E-state index contributed by atoms with van der Waals surface area (Å²) in [6.45, 7) is 3.22. The minimum absolute atomic E-state index is 0.0631. The first kappa shape index (κ1) is 31.3. The zero-order valence-corrected chi connectivity index (χ0v) is 22.8. The van der Waals surface area contributed by atoms with Crippen LogP contribution in [0.25, 0.3) is 0 Å². The van der Waals surface area contributed by atoms with Gasteiger partial charge in [-0.15, -0.1) is 0 Å². The van der Waals surface area contributed by atoms with Gasteiger partial charge in [-0.3, -0.25) is 19.2 Å². The lowest BCUT2D eigenvalue weighted by Gasteiger charge is -2.24. The average molecular weight is 531 g/mol. The molecule has 0 aliphatic carbocycles. The number of nitrogens with zero attached hydrogens (tertiary/aromatic N) is 1. The van der Waals surface area contributed by atoms with Crippen molar-refractivity contribution in [1.82, 2.24) is 15.5 Å². The van der Waals surface area contributed by atoms with Gasteiger partial charge in [0.05, 0.1) is 6.04 Å².